The van der Waals surface area contributed by atoms with E-state index in [0.717, 1.165) is 22.4 Å². The summed E-state index contributed by atoms with van der Waals surface area (Å²) >= 11 is 0. The molecule has 0 atom stereocenters. The summed E-state index contributed by atoms with van der Waals surface area (Å²) in [6.07, 6.45) is 0. The molecule has 1 heterocycles. The number of amides is 2. The van der Waals surface area contributed by atoms with Crippen molar-refractivity contribution in [2.45, 2.75) is 6.61 Å². The number of benzene rings is 4. The molecule has 1 aliphatic rings. The highest BCUT2D eigenvalue weighted by atomic mass is 16.5. The second kappa shape index (κ2) is 7.92. The highest BCUT2D eigenvalue weighted by Gasteiger charge is 2.36. The van der Waals surface area contributed by atoms with E-state index < -0.39 is 0 Å². The number of carbonyl (C=O) groups excluding carboxylic acids is 2. The molecular weight excluding hydrogens is 386 g/mol. The van der Waals surface area contributed by atoms with Crippen LogP contribution in [-0.4, -0.2) is 11.8 Å². The topological polar surface area (TPSA) is 46.6 Å². The van der Waals surface area contributed by atoms with Crippen LogP contribution in [0.1, 0.15) is 26.3 Å². The van der Waals surface area contributed by atoms with Gasteiger partial charge < -0.3 is 4.74 Å². The number of carbonyl (C=O) groups is 2. The Morgan fingerprint density at radius 2 is 1.23 bits per heavy atom. The lowest BCUT2D eigenvalue weighted by Gasteiger charge is -2.15. The fourth-order valence-electron chi connectivity index (χ4n) is 3.75. The fourth-order valence-corrected chi connectivity index (χ4v) is 3.75. The summed E-state index contributed by atoms with van der Waals surface area (Å²) in [7, 11) is 0. The number of ether oxygens (including phenoxy) is 1. The van der Waals surface area contributed by atoms with Gasteiger partial charge in [0.1, 0.15) is 12.4 Å². The maximum absolute atomic E-state index is 12.8. The minimum Gasteiger partial charge on any atom is -0.489 e. The molecule has 4 nitrogen and oxygen atoms in total. The van der Waals surface area contributed by atoms with Crippen molar-refractivity contribution in [2.24, 2.45) is 0 Å². The van der Waals surface area contributed by atoms with Gasteiger partial charge in [0.15, 0.2) is 0 Å². The van der Waals surface area contributed by atoms with Gasteiger partial charge in [-0.3, -0.25) is 9.59 Å². The molecule has 150 valence electrons. The molecule has 4 aromatic carbocycles. The lowest BCUT2D eigenvalue weighted by molar-refractivity contribution is 0.0926. The minimum absolute atomic E-state index is 0.294. The van der Waals surface area contributed by atoms with Crippen molar-refractivity contribution >= 4 is 17.5 Å². The normalized spacial score (nSPS) is 12.7. The van der Waals surface area contributed by atoms with Gasteiger partial charge in [0, 0.05) is 0 Å². The maximum Gasteiger partial charge on any atom is 0.266 e. The number of rotatable bonds is 5. The van der Waals surface area contributed by atoms with Crippen LogP contribution in [0.15, 0.2) is 103 Å². The standard InChI is InChI=1S/C27H19NO3/c29-26-24-14-4-5-15-25(24)27(30)28(26)22-12-6-10-20(16-22)21-11-7-13-23(17-21)31-18-19-8-2-1-3-9-19/h1-17H,18H2. The third kappa shape index (κ3) is 3.60. The SMILES string of the molecule is O=C1c2ccccc2C(=O)N1c1cccc(-c2cccc(OCc3ccccc3)c2)c1. The summed E-state index contributed by atoms with van der Waals surface area (Å²) < 4.78 is 5.94. The molecule has 0 saturated heterocycles. The Kier molecular flexibility index (Phi) is 4.81. The monoisotopic (exact) mass is 405 g/mol. The van der Waals surface area contributed by atoms with Crippen LogP contribution < -0.4 is 9.64 Å². The van der Waals surface area contributed by atoms with Gasteiger partial charge in [-0.1, -0.05) is 66.7 Å². The first-order valence-electron chi connectivity index (χ1n) is 10.1. The Morgan fingerprint density at radius 3 is 1.94 bits per heavy atom. The molecule has 0 aliphatic carbocycles. The van der Waals surface area contributed by atoms with Gasteiger partial charge in [0.25, 0.3) is 11.8 Å². The van der Waals surface area contributed by atoms with E-state index in [4.69, 9.17) is 4.74 Å². The van der Waals surface area contributed by atoms with E-state index in [9.17, 15) is 9.59 Å². The third-order valence-corrected chi connectivity index (χ3v) is 5.31. The molecule has 0 radical (unpaired) electrons. The first-order chi connectivity index (χ1) is 15.2. The van der Waals surface area contributed by atoms with Crippen molar-refractivity contribution < 1.29 is 14.3 Å². The van der Waals surface area contributed by atoms with Crippen molar-refractivity contribution in [3.8, 4) is 16.9 Å². The van der Waals surface area contributed by atoms with Gasteiger partial charge in [-0.2, -0.15) is 0 Å². The van der Waals surface area contributed by atoms with E-state index in [0.29, 0.717) is 23.4 Å². The second-order valence-electron chi connectivity index (χ2n) is 7.34. The highest BCUT2D eigenvalue weighted by molar-refractivity contribution is 6.34. The predicted octanol–water partition coefficient (Wildman–Crippen LogP) is 5.73. The first kappa shape index (κ1) is 18.8. The van der Waals surface area contributed by atoms with Crippen LogP contribution in [0.5, 0.6) is 5.75 Å². The molecular formula is C27H19NO3. The molecule has 0 unspecified atom stereocenters. The molecule has 4 heteroatoms. The quantitative estimate of drug-likeness (QED) is 0.398. The molecule has 31 heavy (non-hydrogen) atoms. The zero-order valence-corrected chi connectivity index (χ0v) is 16.7. The Hall–Kier alpha value is -4.18. The molecule has 5 rings (SSSR count). The second-order valence-corrected chi connectivity index (χ2v) is 7.34. The molecule has 4 aromatic rings. The van der Waals surface area contributed by atoms with Gasteiger partial charge in [-0.15, -0.1) is 0 Å². The van der Waals surface area contributed by atoms with Crippen molar-refractivity contribution in [3.05, 3.63) is 120 Å². The maximum atomic E-state index is 12.8. The number of nitrogens with zero attached hydrogens (tertiary/aromatic N) is 1. The van der Waals surface area contributed by atoms with Gasteiger partial charge in [-0.05, 0) is 53.1 Å². The average Bonchev–Trinajstić information content (AvgIpc) is 3.09. The number of hydrogen-bond donors (Lipinski definition) is 0. The van der Waals surface area contributed by atoms with Crippen LogP contribution >= 0.6 is 0 Å². The molecule has 0 spiro atoms. The van der Waals surface area contributed by atoms with E-state index in [1.54, 1.807) is 30.3 Å². The van der Waals surface area contributed by atoms with Gasteiger partial charge >= 0.3 is 0 Å². The third-order valence-electron chi connectivity index (χ3n) is 5.31. The largest absolute Gasteiger partial charge is 0.489 e. The van der Waals surface area contributed by atoms with Crippen LogP contribution in [0.25, 0.3) is 11.1 Å². The summed E-state index contributed by atoms with van der Waals surface area (Å²) in [5.74, 6) is 0.169. The van der Waals surface area contributed by atoms with Crippen LogP contribution in [0.3, 0.4) is 0 Å². The summed E-state index contributed by atoms with van der Waals surface area (Å²) in [6.45, 7) is 0.485. The molecule has 0 fully saturated rings. The smallest absolute Gasteiger partial charge is 0.266 e. The van der Waals surface area contributed by atoms with E-state index in [1.165, 1.54) is 4.90 Å². The Bertz CT molecular complexity index is 1250. The van der Waals surface area contributed by atoms with Crippen molar-refractivity contribution in [1.82, 2.24) is 0 Å². The predicted molar refractivity (Wildman–Crippen MR) is 120 cm³/mol. The fraction of sp³-hybridized carbons (Fsp3) is 0.0370. The summed E-state index contributed by atoms with van der Waals surface area (Å²) in [4.78, 5) is 26.9. The van der Waals surface area contributed by atoms with Crippen molar-refractivity contribution in [2.75, 3.05) is 4.90 Å². The number of hydrogen-bond acceptors (Lipinski definition) is 3. The van der Waals surface area contributed by atoms with Crippen molar-refractivity contribution in [1.29, 1.82) is 0 Å². The highest BCUT2D eigenvalue weighted by Crippen LogP contribution is 2.32. The van der Waals surface area contributed by atoms with E-state index in [-0.39, 0.29) is 11.8 Å². The van der Waals surface area contributed by atoms with Crippen LogP contribution in [0.4, 0.5) is 5.69 Å². The Morgan fingerprint density at radius 1 is 0.613 bits per heavy atom. The number of imide groups is 1. The summed E-state index contributed by atoms with van der Waals surface area (Å²) in [5, 5.41) is 0. The van der Waals surface area contributed by atoms with Crippen molar-refractivity contribution in [3.63, 3.8) is 0 Å². The molecule has 0 bridgehead atoms. The average molecular weight is 405 g/mol. The van der Waals surface area contributed by atoms with Gasteiger partial charge in [0.2, 0.25) is 0 Å². The molecule has 0 N–H and O–H groups in total. The Labute approximate surface area is 180 Å². The number of fused-ring (bicyclic) bond motifs is 1. The zero-order valence-electron chi connectivity index (χ0n) is 16.7. The van der Waals surface area contributed by atoms with E-state index in [2.05, 4.69) is 0 Å². The van der Waals surface area contributed by atoms with E-state index in [1.807, 2.05) is 72.8 Å². The van der Waals surface area contributed by atoms with E-state index >= 15 is 0 Å². The summed E-state index contributed by atoms with van der Waals surface area (Å²) in [6, 6.07) is 32.2. The lowest BCUT2D eigenvalue weighted by Crippen LogP contribution is -2.29. The van der Waals surface area contributed by atoms with Gasteiger partial charge in [-0.25, -0.2) is 4.90 Å². The molecule has 0 saturated carbocycles. The molecule has 1 aliphatic heterocycles. The van der Waals surface area contributed by atoms with Crippen LogP contribution in [0.2, 0.25) is 0 Å². The minimum atomic E-state index is -0.294. The van der Waals surface area contributed by atoms with Crippen LogP contribution in [0, 0.1) is 0 Å². The molecule has 0 aromatic heterocycles. The molecule has 2 amide bonds. The van der Waals surface area contributed by atoms with Crippen LogP contribution in [-0.2, 0) is 6.61 Å². The lowest BCUT2D eigenvalue weighted by atomic mass is 10.0. The Balaban J connectivity index is 1.41. The zero-order chi connectivity index (χ0) is 21.2. The summed E-state index contributed by atoms with van der Waals surface area (Å²) in [5.41, 5.74) is 4.38. The number of anilines is 1. The van der Waals surface area contributed by atoms with Gasteiger partial charge in [0.05, 0.1) is 16.8 Å². The first-order valence-corrected chi connectivity index (χ1v) is 10.1.